The molecule has 0 aliphatic carbocycles. The van der Waals surface area contributed by atoms with E-state index < -0.39 is 0 Å². The molecule has 0 unspecified atom stereocenters. The predicted octanol–water partition coefficient (Wildman–Crippen LogP) is 3.25. The highest BCUT2D eigenvalue weighted by Gasteiger charge is 2.22. The monoisotopic (exact) mass is 299 g/mol. The average Bonchev–Trinajstić information content (AvgIpc) is 2.45. The topological polar surface area (TPSA) is 38.8 Å². The Morgan fingerprint density at radius 1 is 1.00 bits per heavy atom. The van der Waals surface area contributed by atoms with Crippen LogP contribution in [0.25, 0.3) is 0 Å². The van der Waals surface area contributed by atoms with Crippen molar-refractivity contribution in [1.82, 2.24) is 4.90 Å². The van der Waals surface area contributed by atoms with E-state index in [0.717, 1.165) is 39.1 Å². The second-order valence-corrected chi connectivity index (χ2v) is 6.96. The van der Waals surface area contributed by atoms with Gasteiger partial charge in [-0.1, -0.05) is 25.7 Å². The number of unbranched alkanes of at least 4 members (excludes halogenated alkanes) is 5. The second-order valence-electron chi connectivity index (χ2n) is 6.96. The lowest BCUT2D eigenvalue weighted by molar-refractivity contribution is -0.153. The zero-order valence-electron chi connectivity index (χ0n) is 14.2. The maximum absolute atomic E-state index is 11.6. The first kappa shape index (κ1) is 18.4. The Morgan fingerprint density at radius 3 is 2.19 bits per heavy atom. The molecule has 0 spiro atoms. The lowest BCUT2D eigenvalue weighted by atomic mass is 9.97. The molecule has 0 aromatic heterocycles. The summed E-state index contributed by atoms with van der Waals surface area (Å²) in [4.78, 5) is 14.0. The first-order chi connectivity index (χ1) is 10.00. The Morgan fingerprint density at radius 2 is 1.57 bits per heavy atom. The Hall–Kier alpha value is -0.610. The van der Waals surface area contributed by atoms with Gasteiger partial charge in [0.2, 0.25) is 0 Å². The zero-order valence-corrected chi connectivity index (χ0v) is 14.2. The fourth-order valence-electron chi connectivity index (χ4n) is 2.35. The van der Waals surface area contributed by atoms with Crippen LogP contribution in [0.3, 0.4) is 0 Å². The highest BCUT2D eigenvalue weighted by atomic mass is 16.5. The molecule has 0 aromatic rings. The number of nitrogens with zero attached hydrogens (tertiary/aromatic N) is 1. The van der Waals surface area contributed by atoms with E-state index in [0.29, 0.717) is 6.61 Å². The molecule has 21 heavy (non-hydrogen) atoms. The number of carbonyl (C=O) groups is 1. The van der Waals surface area contributed by atoms with E-state index in [4.69, 9.17) is 9.47 Å². The molecule has 0 radical (unpaired) electrons. The summed E-state index contributed by atoms with van der Waals surface area (Å²) in [6.07, 6.45) is 7.28. The molecule has 0 atom stereocenters. The maximum atomic E-state index is 11.6. The van der Waals surface area contributed by atoms with Crippen molar-refractivity contribution in [1.29, 1.82) is 0 Å². The summed E-state index contributed by atoms with van der Waals surface area (Å²) in [6.45, 7) is 11.5. The summed E-state index contributed by atoms with van der Waals surface area (Å²) in [5.41, 5.74) is -0.376. The van der Waals surface area contributed by atoms with Gasteiger partial charge in [0.25, 0.3) is 0 Å². The SMILES string of the molecule is CC(C)(C)C(=O)OCCCCCCCCN1CCOCC1. The quantitative estimate of drug-likeness (QED) is 0.484. The van der Waals surface area contributed by atoms with Gasteiger partial charge in [0.1, 0.15) is 0 Å². The molecular formula is C17H33NO3. The summed E-state index contributed by atoms with van der Waals surface area (Å²) in [6, 6.07) is 0. The minimum Gasteiger partial charge on any atom is -0.465 e. The number of ether oxygens (including phenoxy) is 2. The number of carbonyl (C=O) groups excluding carboxylic acids is 1. The summed E-state index contributed by atoms with van der Waals surface area (Å²) >= 11 is 0. The van der Waals surface area contributed by atoms with Gasteiger partial charge >= 0.3 is 5.97 Å². The summed E-state index contributed by atoms with van der Waals surface area (Å²) in [5.74, 6) is -0.0898. The van der Waals surface area contributed by atoms with E-state index in [1.165, 1.54) is 32.2 Å². The molecule has 0 N–H and O–H groups in total. The van der Waals surface area contributed by atoms with E-state index in [1.807, 2.05) is 20.8 Å². The summed E-state index contributed by atoms with van der Waals surface area (Å²) in [5, 5.41) is 0. The van der Waals surface area contributed by atoms with Gasteiger partial charge in [0.05, 0.1) is 25.2 Å². The van der Waals surface area contributed by atoms with Crippen molar-refractivity contribution in [2.24, 2.45) is 5.41 Å². The van der Waals surface area contributed by atoms with Crippen molar-refractivity contribution in [2.45, 2.75) is 59.3 Å². The normalized spacial score (nSPS) is 16.9. The third-order valence-electron chi connectivity index (χ3n) is 3.82. The first-order valence-electron chi connectivity index (χ1n) is 8.47. The van der Waals surface area contributed by atoms with E-state index >= 15 is 0 Å². The third-order valence-corrected chi connectivity index (χ3v) is 3.82. The molecular weight excluding hydrogens is 266 g/mol. The van der Waals surface area contributed by atoms with Crippen molar-refractivity contribution in [3.05, 3.63) is 0 Å². The molecule has 4 heteroatoms. The second kappa shape index (κ2) is 10.2. The molecule has 0 saturated carbocycles. The Bertz CT molecular complexity index is 280. The van der Waals surface area contributed by atoms with E-state index in [9.17, 15) is 4.79 Å². The van der Waals surface area contributed by atoms with Crippen LogP contribution in [0.5, 0.6) is 0 Å². The Labute approximate surface area is 130 Å². The molecule has 124 valence electrons. The number of esters is 1. The van der Waals surface area contributed by atoms with Crippen molar-refractivity contribution in [3.8, 4) is 0 Å². The van der Waals surface area contributed by atoms with E-state index in [-0.39, 0.29) is 11.4 Å². The van der Waals surface area contributed by atoms with Gasteiger partial charge in [-0.25, -0.2) is 0 Å². The number of hydrogen-bond acceptors (Lipinski definition) is 4. The van der Waals surface area contributed by atoms with Gasteiger partial charge in [-0.05, 0) is 40.2 Å². The molecule has 0 aromatic carbocycles. The first-order valence-corrected chi connectivity index (χ1v) is 8.47. The predicted molar refractivity (Wildman–Crippen MR) is 85.4 cm³/mol. The highest BCUT2D eigenvalue weighted by molar-refractivity contribution is 5.75. The zero-order chi connectivity index (χ0) is 15.6. The summed E-state index contributed by atoms with van der Waals surface area (Å²) in [7, 11) is 0. The van der Waals surface area contributed by atoms with Crippen LogP contribution in [-0.4, -0.2) is 50.3 Å². The molecule has 1 rings (SSSR count). The van der Waals surface area contributed by atoms with Gasteiger partial charge in [0, 0.05) is 13.1 Å². The fraction of sp³-hybridized carbons (Fsp3) is 0.941. The molecule has 1 saturated heterocycles. The van der Waals surface area contributed by atoms with Gasteiger partial charge in [-0.15, -0.1) is 0 Å². The molecule has 1 fully saturated rings. The maximum Gasteiger partial charge on any atom is 0.311 e. The number of morpholine rings is 1. The van der Waals surface area contributed by atoms with Crippen LogP contribution in [0.2, 0.25) is 0 Å². The molecule has 0 bridgehead atoms. The van der Waals surface area contributed by atoms with Crippen molar-refractivity contribution in [3.63, 3.8) is 0 Å². The lowest BCUT2D eigenvalue weighted by Crippen LogP contribution is -2.36. The molecule has 1 heterocycles. The minimum absolute atomic E-state index is 0.0898. The van der Waals surface area contributed by atoms with Crippen LogP contribution in [-0.2, 0) is 14.3 Å². The number of hydrogen-bond donors (Lipinski definition) is 0. The molecule has 1 aliphatic heterocycles. The average molecular weight is 299 g/mol. The van der Waals surface area contributed by atoms with Crippen LogP contribution in [0, 0.1) is 5.41 Å². The van der Waals surface area contributed by atoms with Crippen LogP contribution in [0.15, 0.2) is 0 Å². The third kappa shape index (κ3) is 9.10. The van der Waals surface area contributed by atoms with Crippen LogP contribution < -0.4 is 0 Å². The van der Waals surface area contributed by atoms with E-state index in [2.05, 4.69) is 4.90 Å². The lowest BCUT2D eigenvalue weighted by Gasteiger charge is -2.26. The van der Waals surface area contributed by atoms with Crippen molar-refractivity contribution >= 4 is 5.97 Å². The standard InChI is InChI=1S/C17H33NO3/c1-17(2,3)16(19)21-13-9-7-5-4-6-8-10-18-11-14-20-15-12-18/h4-15H2,1-3H3. The van der Waals surface area contributed by atoms with Gasteiger partial charge in [-0.2, -0.15) is 0 Å². The molecule has 4 nitrogen and oxygen atoms in total. The van der Waals surface area contributed by atoms with Crippen LogP contribution >= 0.6 is 0 Å². The van der Waals surface area contributed by atoms with E-state index in [1.54, 1.807) is 0 Å². The smallest absolute Gasteiger partial charge is 0.311 e. The van der Waals surface area contributed by atoms with Crippen LogP contribution in [0.1, 0.15) is 59.3 Å². The minimum atomic E-state index is -0.376. The van der Waals surface area contributed by atoms with Crippen molar-refractivity contribution in [2.75, 3.05) is 39.5 Å². The Kier molecular flexibility index (Phi) is 8.93. The summed E-state index contributed by atoms with van der Waals surface area (Å²) < 4.78 is 10.6. The molecule has 1 aliphatic rings. The molecule has 0 amide bonds. The highest BCUT2D eigenvalue weighted by Crippen LogP contribution is 2.15. The Balaban J connectivity index is 1.83. The largest absolute Gasteiger partial charge is 0.465 e. The van der Waals surface area contributed by atoms with Crippen LogP contribution in [0.4, 0.5) is 0 Å². The van der Waals surface area contributed by atoms with Gasteiger partial charge in [-0.3, -0.25) is 9.69 Å². The number of rotatable bonds is 9. The fourth-order valence-corrected chi connectivity index (χ4v) is 2.35. The van der Waals surface area contributed by atoms with Crippen molar-refractivity contribution < 1.29 is 14.3 Å². The van der Waals surface area contributed by atoms with Gasteiger partial charge in [0.15, 0.2) is 0 Å². The van der Waals surface area contributed by atoms with Gasteiger partial charge < -0.3 is 9.47 Å².